The first-order valence-electron chi connectivity index (χ1n) is 33.2. The van der Waals surface area contributed by atoms with Gasteiger partial charge in [-0.15, -0.1) is 6.67 Å². The van der Waals surface area contributed by atoms with Crippen LogP contribution in [-0.2, 0) is 27.0 Å². The maximum absolute atomic E-state index is 5.97. The van der Waals surface area contributed by atoms with Crippen LogP contribution in [0.15, 0.2) is 194 Å². The SMILES string of the molecule is CC(C)c1cccc(C(C)C)c1N1C=CN(c2c(C(C)C)cccc2C(C)C)[CH-]1.CC(C)c1cccc(C(C)C)c1N1[CH-]N(c2c(C(C)C)cccc2C(C)C)CC1.CN(c1ccccc1)c1ccccc1[CH]=[Ru]([Cl])[Cl].CN(c1ccccc1)c1ccccc1[CH]=[Ru]([Cl])[Cl]. The van der Waals surface area contributed by atoms with Gasteiger partial charge in [-0.05, 0) is 104 Å². The molecule has 2 aliphatic rings. The van der Waals surface area contributed by atoms with E-state index in [-0.39, 0.29) is 0 Å². The Kier molecular flexibility index (Phi) is 29.2. The Balaban J connectivity index is 0.000000182. The number of para-hydroxylation sites is 8. The van der Waals surface area contributed by atoms with Gasteiger partial charge in [-0.3, -0.25) is 0 Å². The van der Waals surface area contributed by atoms with Crippen LogP contribution < -0.4 is 29.4 Å². The van der Waals surface area contributed by atoms with Crippen LogP contribution in [0.5, 0.6) is 0 Å². The minimum absolute atomic E-state index is 0.480. The van der Waals surface area contributed by atoms with Gasteiger partial charge in [-0.1, -0.05) is 184 Å². The van der Waals surface area contributed by atoms with Crippen LogP contribution in [0, 0.1) is 13.3 Å². The molecular weight excluding hydrogens is 1410 g/mol. The average molecular weight is 1520 g/mol. The number of rotatable bonds is 18. The van der Waals surface area contributed by atoms with Crippen molar-refractivity contribution in [3.05, 3.63) is 263 Å². The monoisotopic (exact) mass is 1510 g/mol. The zero-order valence-corrected chi connectivity index (χ0v) is 65.2. The van der Waals surface area contributed by atoms with E-state index >= 15 is 0 Å². The first-order valence-corrected chi connectivity index (χ1v) is 44.2. The van der Waals surface area contributed by atoms with Gasteiger partial charge in [0.2, 0.25) is 0 Å². The van der Waals surface area contributed by atoms with Crippen molar-refractivity contribution in [3.63, 3.8) is 0 Å². The Morgan fingerprint density at radius 2 is 0.564 bits per heavy atom. The number of nitrogens with zero attached hydrogens (tertiary/aromatic N) is 6. The molecule has 6 nitrogen and oxygen atoms in total. The Morgan fingerprint density at radius 1 is 0.319 bits per heavy atom. The number of hydrogen-bond donors (Lipinski definition) is 0. The zero-order valence-electron chi connectivity index (χ0n) is 58.7. The van der Waals surface area contributed by atoms with Crippen molar-refractivity contribution in [1.29, 1.82) is 0 Å². The van der Waals surface area contributed by atoms with Gasteiger partial charge in [0.15, 0.2) is 0 Å². The fourth-order valence-electron chi connectivity index (χ4n) is 12.3. The summed E-state index contributed by atoms with van der Waals surface area (Å²) in [5.74, 6) is 3.98. The van der Waals surface area contributed by atoms with E-state index in [1.807, 2.05) is 96.1 Å². The predicted octanol–water partition coefficient (Wildman–Crippen LogP) is 24.8. The molecule has 1 fully saturated rings. The molecular formula is C82H102Cl4N6Ru2-2. The summed E-state index contributed by atoms with van der Waals surface area (Å²) >= 11 is -3.62. The van der Waals surface area contributed by atoms with Crippen LogP contribution >= 0.6 is 38.8 Å². The molecule has 0 N–H and O–H groups in total. The van der Waals surface area contributed by atoms with Crippen LogP contribution in [0.1, 0.15) is 214 Å². The summed E-state index contributed by atoms with van der Waals surface area (Å²) in [5, 5.41) is 0. The van der Waals surface area contributed by atoms with Gasteiger partial charge < -0.3 is 19.6 Å². The molecule has 0 unspecified atom stereocenters. The van der Waals surface area contributed by atoms with Crippen molar-refractivity contribution in [2.24, 2.45) is 0 Å². The van der Waals surface area contributed by atoms with Gasteiger partial charge in [0.25, 0.3) is 0 Å². The number of halogens is 4. The standard InChI is InChI=1S/C27H39N2.C27H37N2.2C14H13N.4ClH.2Ru/c2*1-18(2)22-11-9-12-23(19(3)4)26(22)28-15-16-29(17-28)27-24(20(5)6)13-10-14-25(27)21(7)8;2*1-12-8-6-7-11-14(12)15(2)13-9-4-3-5-10-13;;;;;;/h9-14,17-21H,15-16H2,1-8H3;9-21H,1-8H3;2*1,3-11H,2H3;4*1H;;/q2*-1;;;;;;;2*+2/p-4. The zero-order chi connectivity index (χ0) is 68.5. The topological polar surface area (TPSA) is 19.4 Å². The Hall–Kier alpha value is -5.55. The van der Waals surface area contributed by atoms with E-state index in [2.05, 4.69) is 275 Å². The van der Waals surface area contributed by atoms with E-state index < -0.39 is 27.0 Å². The third kappa shape index (κ3) is 19.8. The summed E-state index contributed by atoms with van der Waals surface area (Å²) in [4.78, 5) is 13.9. The summed E-state index contributed by atoms with van der Waals surface area (Å²) < 4.78 is 3.95. The molecule has 8 aromatic carbocycles. The van der Waals surface area contributed by atoms with Crippen LogP contribution in [0.3, 0.4) is 0 Å². The third-order valence-corrected chi connectivity index (χ3v) is 20.9. The third-order valence-electron chi connectivity index (χ3n) is 17.2. The number of benzene rings is 8. The first-order chi connectivity index (χ1) is 44.8. The van der Waals surface area contributed by atoms with Gasteiger partial charge in [0, 0.05) is 35.8 Å². The summed E-state index contributed by atoms with van der Waals surface area (Å²) in [7, 11) is 28.0. The first kappa shape index (κ1) is 75.8. The molecule has 8 aromatic rings. The molecule has 1 saturated heterocycles. The van der Waals surface area contributed by atoms with E-state index in [4.69, 9.17) is 38.8 Å². The predicted molar refractivity (Wildman–Crippen MR) is 412 cm³/mol. The number of anilines is 8. The summed E-state index contributed by atoms with van der Waals surface area (Å²) in [6, 6.07) is 63.9. The van der Waals surface area contributed by atoms with E-state index in [1.165, 1.54) is 67.3 Å². The molecule has 0 bridgehead atoms. The molecule has 10 rings (SSSR count). The van der Waals surface area contributed by atoms with Crippen LogP contribution in [0.25, 0.3) is 0 Å². The number of hydrogen-bond acceptors (Lipinski definition) is 6. The van der Waals surface area contributed by atoms with Crippen molar-refractivity contribution in [2.45, 2.75) is 158 Å². The van der Waals surface area contributed by atoms with Crippen LogP contribution in [-0.4, -0.2) is 36.4 Å². The second-order valence-corrected chi connectivity index (χ2v) is 38.1. The summed E-state index contributed by atoms with van der Waals surface area (Å²) in [6.45, 7) is 43.4. The minimum atomic E-state index is -1.81. The Bertz CT molecular complexity index is 3450. The summed E-state index contributed by atoms with van der Waals surface area (Å²) in [5.41, 5.74) is 23.6. The second-order valence-electron chi connectivity index (χ2n) is 26.6. The molecule has 0 aromatic heterocycles. The fraction of sp³-hybridized carbons (Fsp3) is 0.341. The second kappa shape index (κ2) is 36.2. The van der Waals surface area contributed by atoms with E-state index in [0.29, 0.717) is 47.3 Å². The van der Waals surface area contributed by atoms with Crippen molar-refractivity contribution in [3.8, 4) is 0 Å². The van der Waals surface area contributed by atoms with Crippen LogP contribution in [0.4, 0.5) is 45.5 Å². The molecule has 2 heterocycles. The van der Waals surface area contributed by atoms with Crippen molar-refractivity contribution in [1.82, 2.24) is 0 Å². The van der Waals surface area contributed by atoms with Gasteiger partial charge in [0.1, 0.15) is 0 Å². The van der Waals surface area contributed by atoms with Crippen molar-refractivity contribution in [2.75, 3.05) is 56.6 Å². The molecule has 2 aliphatic heterocycles. The quantitative estimate of drug-likeness (QED) is 0.0625. The molecule has 94 heavy (non-hydrogen) atoms. The molecule has 0 amide bonds. The molecule has 0 spiro atoms. The molecule has 12 heteroatoms. The average Bonchev–Trinajstić information content (AvgIpc) is 1.60. The van der Waals surface area contributed by atoms with Crippen molar-refractivity contribution < 1.29 is 27.0 Å². The molecule has 0 atom stereocenters. The van der Waals surface area contributed by atoms with E-state index in [1.54, 1.807) is 0 Å². The maximum atomic E-state index is 5.97. The fourth-order valence-corrected chi connectivity index (χ4v) is 15.9. The van der Waals surface area contributed by atoms with Gasteiger partial charge in [0.05, 0.1) is 0 Å². The summed E-state index contributed by atoms with van der Waals surface area (Å²) in [6.07, 6.45) is 4.43. The molecule has 0 saturated carbocycles. The van der Waals surface area contributed by atoms with Gasteiger partial charge in [-0.2, -0.15) is 6.67 Å². The van der Waals surface area contributed by atoms with Crippen molar-refractivity contribution >= 4 is 93.5 Å². The van der Waals surface area contributed by atoms with Gasteiger partial charge >= 0.3 is 242 Å². The molecule has 506 valence electrons. The molecule has 0 aliphatic carbocycles. The van der Waals surface area contributed by atoms with E-state index in [0.717, 1.165) is 47.0 Å². The Labute approximate surface area is 593 Å². The molecule has 0 radical (unpaired) electrons. The van der Waals surface area contributed by atoms with Gasteiger partial charge in [-0.25, -0.2) is 0 Å². The van der Waals surface area contributed by atoms with E-state index in [9.17, 15) is 0 Å². The Morgan fingerprint density at radius 3 is 0.819 bits per heavy atom. The van der Waals surface area contributed by atoms with Crippen LogP contribution in [0.2, 0.25) is 0 Å². The normalized spacial score (nSPS) is 13.2.